The van der Waals surface area contributed by atoms with E-state index in [2.05, 4.69) is 25.5 Å². The van der Waals surface area contributed by atoms with Crippen molar-refractivity contribution in [2.75, 3.05) is 6.61 Å². The average molecular weight is 572 g/mol. The minimum absolute atomic E-state index is 0.0386. The van der Waals surface area contributed by atoms with Crippen molar-refractivity contribution in [2.45, 2.75) is 52.0 Å². The highest BCUT2D eigenvalue weighted by molar-refractivity contribution is 6.30. The Hall–Kier alpha value is -3.86. The molecule has 1 aliphatic carbocycles. The van der Waals surface area contributed by atoms with Crippen LogP contribution in [0.2, 0.25) is 5.02 Å². The highest BCUT2D eigenvalue weighted by Gasteiger charge is 2.24. The van der Waals surface area contributed by atoms with Crippen molar-refractivity contribution in [3.63, 3.8) is 0 Å². The van der Waals surface area contributed by atoms with Gasteiger partial charge in [0.25, 0.3) is 11.5 Å². The number of hydrogen-bond donors (Lipinski definition) is 2. The lowest BCUT2D eigenvalue weighted by atomic mass is 9.79. The van der Waals surface area contributed by atoms with E-state index in [1.165, 1.54) is 24.3 Å². The van der Waals surface area contributed by atoms with E-state index in [1.54, 1.807) is 6.92 Å². The zero-order valence-corrected chi connectivity index (χ0v) is 22.6. The number of amides is 1. The molecule has 0 saturated heterocycles. The number of halogens is 3. The number of benzene rings is 2. The second-order valence-electron chi connectivity index (χ2n) is 10.1. The third-order valence-electron chi connectivity index (χ3n) is 7.20. The van der Waals surface area contributed by atoms with Gasteiger partial charge in [-0.1, -0.05) is 30.5 Å². The summed E-state index contributed by atoms with van der Waals surface area (Å²) in [6, 6.07) is 6.56. The highest BCUT2D eigenvalue weighted by Crippen LogP contribution is 2.33. The number of aromatic nitrogens is 4. The molecule has 0 radical (unpaired) electrons. The van der Waals surface area contributed by atoms with Gasteiger partial charge in [0.15, 0.2) is 17.4 Å². The van der Waals surface area contributed by atoms with Crippen molar-refractivity contribution in [3.8, 4) is 5.75 Å². The zero-order chi connectivity index (χ0) is 28.2. The van der Waals surface area contributed by atoms with Gasteiger partial charge in [-0.05, 0) is 60.9 Å². The molecule has 2 aromatic heterocycles. The van der Waals surface area contributed by atoms with Crippen LogP contribution < -0.4 is 15.6 Å². The van der Waals surface area contributed by atoms with E-state index in [1.807, 2.05) is 0 Å². The van der Waals surface area contributed by atoms with Crippen LogP contribution in [0.1, 0.15) is 60.1 Å². The number of aromatic amines is 1. The number of ether oxygens (including phenoxy) is 1. The molecule has 0 atom stereocenters. The normalized spacial score (nSPS) is 17.2. The molecule has 2 heterocycles. The molecule has 0 unspecified atom stereocenters. The first-order chi connectivity index (χ1) is 19.3. The second kappa shape index (κ2) is 12.1. The van der Waals surface area contributed by atoms with Crippen molar-refractivity contribution in [1.29, 1.82) is 0 Å². The predicted octanol–water partition coefficient (Wildman–Crippen LogP) is 5.29. The summed E-state index contributed by atoms with van der Waals surface area (Å²) in [6.45, 7) is 2.06. The summed E-state index contributed by atoms with van der Waals surface area (Å²) >= 11 is 5.78. The Balaban J connectivity index is 1.19. The fourth-order valence-electron chi connectivity index (χ4n) is 5.06. The summed E-state index contributed by atoms with van der Waals surface area (Å²) < 4.78 is 39.3. The number of carbonyl (C=O) groups is 1. The van der Waals surface area contributed by atoms with Crippen LogP contribution in [0.3, 0.4) is 0 Å². The van der Waals surface area contributed by atoms with Crippen LogP contribution in [0.15, 0.2) is 39.5 Å². The Morgan fingerprint density at radius 3 is 2.60 bits per heavy atom. The Morgan fingerprint density at radius 1 is 1.12 bits per heavy atom. The average Bonchev–Trinajstić information content (AvgIpc) is 3.35. The van der Waals surface area contributed by atoms with Crippen molar-refractivity contribution in [3.05, 3.63) is 80.5 Å². The maximum atomic E-state index is 14.7. The van der Waals surface area contributed by atoms with E-state index in [0.717, 1.165) is 44.6 Å². The van der Waals surface area contributed by atoms with Gasteiger partial charge in [-0.3, -0.25) is 9.59 Å². The van der Waals surface area contributed by atoms with Crippen LogP contribution in [0.4, 0.5) is 8.78 Å². The highest BCUT2D eigenvalue weighted by atomic mass is 35.5. The molecular formula is C28H28ClF2N5O4. The fraction of sp³-hybridized carbons (Fsp3) is 0.393. The van der Waals surface area contributed by atoms with Gasteiger partial charge in [0.1, 0.15) is 11.2 Å². The molecule has 4 aromatic rings. The zero-order valence-electron chi connectivity index (χ0n) is 21.8. The first-order valence-electron chi connectivity index (χ1n) is 13.1. The minimum atomic E-state index is -0.689. The monoisotopic (exact) mass is 571 g/mol. The smallest absolute Gasteiger partial charge is 0.287 e. The standard InChI is InChI=1S/C28H28ClF2N5O4/c1-15-35-36-23(40-15)13-17-4-2-16(3-5-17)10-11-39-25-21(31)8-9-22-24(25)27(37)34-26(33-22)28(38)32-14-18-6-7-20(30)19(29)12-18/h6-9,12,16-17H,2-5,10-11,13-14H2,1H3,(H,32,38)(H,33,34,37). The van der Waals surface area contributed by atoms with Crippen LogP contribution in [-0.4, -0.2) is 32.7 Å². The summed E-state index contributed by atoms with van der Waals surface area (Å²) in [5, 5.41) is 10.4. The largest absolute Gasteiger partial charge is 0.490 e. The van der Waals surface area contributed by atoms with Crippen molar-refractivity contribution < 1.29 is 22.7 Å². The molecule has 40 heavy (non-hydrogen) atoms. The molecule has 2 N–H and O–H groups in total. The fourth-order valence-corrected chi connectivity index (χ4v) is 5.26. The molecule has 1 fully saturated rings. The third-order valence-corrected chi connectivity index (χ3v) is 7.49. The van der Waals surface area contributed by atoms with Gasteiger partial charge in [0.05, 0.1) is 17.1 Å². The van der Waals surface area contributed by atoms with E-state index in [-0.39, 0.29) is 40.7 Å². The summed E-state index contributed by atoms with van der Waals surface area (Å²) in [5.41, 5.74) is 0.00851. The third kappa shape index (κ3) is 6.47. The van der Waals surface area contributed by atoms with E-state index >= 15 is 0 Å². The number of nitrogens with one attached hydrogen (secondary N) is 2. The molecule has 1 amide bonds. The number of carbonyl (C=O) groups excluding carboxylic acids is 1. The summed E-state index contributed by atoms with van der Waals surface area (Å²) in [7, 11) is 0. The lowest BCUT2D eigenvalue weighted by Gasteiger charge is -2.27. The van der Waals surface area contributed by atoms with Gasteiger partial charge >= 0.3 is 0 Å². The summed E-state index contributed by atoms with van der Waals surface area (Å²) in [4.78, 5) is 32.1. The van der Waals surface area contributed by atoms with Crippen molar-refractivity contribution in [2.24, 2.45) is 11.8 Å². The Labute approximate surface area is 233 Å². The topological polar surface area (TPSA) is 123 Å². The van der Waals surface area contributed by atoms with E-state index in [4.69, 9.17) is 20.8 Å². The van der Waals surface area contributed by atoms with Gasteiger partial charge in [0, 0.05) is 19.9 Å². The second-order valence-corrected chi connectivity index (χ2v) is 10.5. The number of aryl methyl sites for hydroxylation is 1. The van der Waals surface area contributed by atoms with E-state index in [9.17, 15) is 18.4 Å². The SMILES string of the molecule is Cc1nnc(CC2CCC(CCOc3c(F)ccc4nc(C(=O)NCc5ccc(F)c(Cl)c5)[nH]c(=O)c34)CC2)o1. The lowest BCUT2D eigenvalue weighted by molar-refractivity contribution is 0.0940. The maximum Gasteiger partial charge on any atom is 0.287 e. The lowest BCUT2D eigenvalue weighted by Crippen LogP contribution is -2.27. The number of fused-ring (bicyclic) bond motifs is 1. The van der Waals surface area contributed by atoms with E-state index in [0.29, 0.717) is 29.2 Å². The molecule has 1 aliphatic rings. The van der Waals surface area contributed by atoms with Gasteiger partial charge in [-0.2, -0.15) is 0 Å². The molecule has 1 saturated carbocycles. The van der Waals surface area contributed by atoms with Crippen molar-refractivity contribution >= 4 is 28.4 Å². The number of hydrogen-bond acceptors (Lipinski definition) is 7. The van der Waals surface area contributed by atoms with Crippen LogP contribution in [0.5, 0.6) is 5.75 Å². The maximum absolute atomic E-state index is 14.7. The van der Waals surface area contributed by atoms with Crippen LogP contribution in [0, 0.1) is 30.4 Å². The first-order valence-corrected chi connectivity index (χ1v) is 13.5. The molecule has 2 aromatic carbocycles. The van der Waals surface area contributed by atoms with Gasteiger partial charge in [-0.25, -0.2) is 13.8 Å². The first kappa shape index (κ1) is 27.7. The quantitative estimate of drug-likeness (QED) is 0.280. The Kier molecular flexibility index (Phi) is 8.39. The molecular weight excluding hydrogens is 544 g/mol. The van der Waals surface area contributed by atoms with Crippen LogP contribution >= 0.6 is 11.6 Å². The van der Waals surface area contributed by atoms with Gasteiger partial charge in [0.2, 0.25) is 11.8 Å². The Bertz CT molecular complexity index is 1580. The predicted molar refractivity (Wildman–Crippen MR) is 143 cm³/mol. The molecule has 5 rings (SSSR count). The van der Waals surface area contributed by atoms with Crippen LogP contribution in [-0.2, 0) is 13.0 Å². The number of H-pyrrole nitrogens is 1. The van der Waals surface area contributed by atoms with Crippen molar-refractivity contribution in [1.82, 2.24) is 25.5 Å². The molecule has 210 valence electrons. The molecule has 0 aliphatic heterocycles. The molecule has 9 nitrogen and oxygen atoms in total. The van der Waals surface area contributed by atoms with Crippen LogP contribution in [0.25, 0.3) is 10.9 Å². The molecule has 12 heteroatoms. The number of rotatable bonds is 9. The van der Waals surface area contributed by atoms with Gasteiger partial charge < -0.3 is 19.5 Å². The molecule has 0 spiro atoms. The van der Waals surface area contributed by atoms with E-state index < -0.39 is 23.1 Å². The van der Waals surface area contributed by atoms with Gasteiger partial charge in [-0.15, -0.1) is 10.2 Å². The summed E-state index contributed by atoms with van der Waals surface area (Å²) in [5.74, 6) is -0.147. The summed E-state index contributed by atoms with van der Waals surface area (Å²) in [6.07, 6.45) is 5.62. The minimum Gasteiger partial charge on any atom is -0.490 e. The molecule has 0 bridgehead atoms. The number of nitrogens with zero attached hydrogens (tertiary/aromatic N) is 3. The Morgan fingerprint density at radius 2 is 1.88 bits per heavy atom.